The van der Waals surface area contributed by atoms with Crippen LogP contribution in [-0.4, -0.2) is 24.9 Å². The van der Waals surface area contributed by atoms with E-state index >= 15 is 0 Å². The largest absolute Gasteiger partial charge is 0.497 e. The molecule has 0 saturated carbocycles. The van der Waals surface area contributed by atoms with Crippen molar-refractivity contribution in [2.45, 2.75) is 18.6 Å². The minimum absolute atomic E-state index is 0.279. The molecular formula is C11H15NO3. The Morgan fingerprint density at radius 1 is 1.53 bits per heavy atom. The molecule has 0 radical (unpaired) electrons. The molecule has 2 atom stereocenters. The Balaban J connectivity index is 2.41. The fourth-order valence-corrected chi connectivity index (χ4v) is 1.71. The number of nitrogens with two attached hydrogens (primary N) is 1. The Hall–Kier alpha value is -1.26. The molecule has 1 heterocycles. The molecular weight excluding hydrogens is 194 g/mol. The van der Waals surface area contributed by atoms with Gasteiger partial charge in [0.25, 0.3) is 0 Å². The minimum Gasteiger partial charge on any atom is -0.497 e. The maximum absolute atomic E-state index is 9.97. The summed E-state index contributed by atoms with van der Waals surface area (Å²) >= 11 is 0. The summed E-state index contributed by atoms with van der Waals surface area (Å²) in [6, 6.07) is 5.10. The van der Waals surface area contributed by atoms with Crippen molar-refractivity contribution in [1.29, 1.82) is 0 Å². The van der Waals surface area contributed by atoms with E-state index in [-0.39, 0.29) is 6.04 Å². The number of hydrogen-bond acceptors (Lipinski definition) is 4. The lowest BCUT2D eigenvalue weighted by Gasteiger charge is -2.16. The molecule has 4 heteroatoms. The van der Waals surface area contributed by atoms with E-state index in [4.69, 9.17) is 15.2 Å². The van der Waals surface area contributed by atoms with Gasteiger partial charge in [0.15, 0.2) is 0 Å². The fraction of sp³-hybridized carbons (Fsp3) is 0.455. The number of rotatable bonds is 1. The smallest absolute Gasteiger partial charge is 0.125 e. The molecule has 4 nitrogen and oxygen atoms in total. The van der Waals surface area contributed by atoms with Crippen molar-refractivity contribution in [2.75, 3.05) is 13.7 Å². The van der Waals surface area contributed by atoms with Crippen LogP contribution in [0.2, 0.25) is 0 Å². The van der Waals surface area contributed by atoms with Gasteiger partial charge in [-0.3, -0.25) is 0 Å². The molecule has 1 aromatic rings. The fourth-order valence-electron chi connectivity index (χ4n) is 1.71. The second-order valence-corrected chi connectivity index (χ2v) is 3.65. The molecule has 0 aromatic heterocycles. The number of hydrogen-bond donors (Lipinski definition) is 2. The molecule has 0 amide bonds. The molecule has 1 aliphatic rings. The molecule has 2 rings (SSSR count). The highest BCUT2D eigenvalue weighted by Gasteiger charge is 2.24. The number of aliphatic hydroxyl groups is 1. The van der Waals surface area contributed by atoms with Gasteiger partial charge in [0.1, 0.15) is 11.5 Å². The number of ether oxygens (including phenoxy) is 2. The predicted octanol–water partition coefficient (Wildman–Crippen LogP) is 0.838. The molecule has 15 heavy (non-hydrogen) atoms. The number of benzene rings is 1. The van der Waals surface area contributed by atoms with Crippen LogP contribution in [0.3, 0.4) is 0 Å². The van der Waals surface area contributed by atoms with E-state index in [0.717, 1.165) is 0 Å². The molecule has 0 unspecified atom stereocenters. The van der Waals surface area contributed by atoms with E-state index in [0.29, 0.717) is 30.1 Å². The maximum atomic E-state index is 9.97. The zero-order valence-corrected chi connectivity index (χ0v) is 8.64. The molecule has 1 aliphatic heterocycles. The van der Waals surface area contributed by atoms with Gasteiger partial charge in [-0.15, -0.1) is 0 Å². The first-order chi connectivity index (χ1) is 7.22. The molecule has 3 N–H and O–H groups in total. The average molecular weight is 209 g/mol. The van der Waals surface area contributed by atoms with Gasteiger partial charge in [0, 0.05) is 11.6 Å². The molecule has 0 fully saturated rings. The van der Waals surface area contributed by atoms with Gasteiger partial charge >= 0.3 is 0 Å². The van der Waals surface area contributed by atoms with Crippen LogP contribution in [0.4, 0.5) is 0 Å². The average Bonchev–Trinajstić information content (AvgIpc) is 2.40. The third-order valence-electron chi connectivity index (χ3n) is 2.65. The lowest BCUT2D eigenvalue weighted by molar-refractivity contribution is 0.144. The van der Waals surface area contributed by atoms with Crippen LogP contribution in [0, 0.1) is 0 Å². The van der Waals surface area contributed by atoms with E-state index < -0.39 is 6.10 Å². The van der Waals surface area contributed by atoms with Crippen molar-refractivity contribution >= 4 is 0 Å². The van der Waals surface area contributed by atoms with E-state index in [1.165, 1.54) is 0 Å². The summed E-state index contributed by atoms with van der Waals surface area (Å²) in [4.78, 5) is 0. The molecule has 0 aliphatic carbocycles. The van der Waals surface area contributed by atoms with Crippen molar-refractivity contribution in [2.24, 2.45) is 5.73 Å². The van der Waals surface area contributed by atoms with E-state index in [1.807, 2.05) is 6.07 Å². The lowest BCUT2D eigenvalue weighted by atomic mass is 10.0. The Labute approximate surface area is 88.6 Å². The van der Waals surface area contributed by atoms with Gasteiger partial charge in [-0.1, -0.05) is 0 Å². The van der Waals surface area contributed by atoms with Crippen LogP contribution in [0.15, 0.2) is 18.2 Å². The quantitative estimate of drug-likeness (QED) is 0.719. The topological polar surface area (TPSA) is 64.7 Å². The summed E-state index contributed by atoms with van der Waals surface area (Å²) < 4.78 is 10.6. The summed E-state index contributed by atoms with van der Waals surface area (Å²) in [6.07, 6.45) is -0.0318. The summed E-state index contributed by atoms with van der Waals surface area (Å²) in [6.45, 7) is 0.539. The van der Waals surface area contributed by atoms with E-state index in [9.17, 15) is 5.11 Å². The summed E-state index contributed by atoms with van der Waals surface area (Å²) in [5.74, 6) is 1.39. The van der Waals surface area contributed by atoms with Crippen molar-refractivity contribution < 1.29 is 14.6 Å². The number of fused-ring (bicyclic) bond motifs is 1. The summed E-state index contributed by atoms with van der Waals surface area (Å²) in [5, 5.41) is 9.97. The molecule has 0 saturated heterocycles. The van der Waals surface area contributed by atoms with Crippen LogP contribution >= 0.6 is 0 Å². The van der Waals surface area contributed by atoms with Crippen molar-refractivity contribution in [3.05, 3.63) is 23.8 Å². The highest BCUT2D eigenvalue weighted by Crippen LogP contribution is 2.33. The van der Waals surface area contributed by atoms with Crippen LogP contribution in [0.25, 0.3) is 0 Å². The summed E-state index contributed by atoms with van der Waals surface area (Å²) in [5.41, 5.74) is 6.52. The van der Waals surface area contributed by atoms with Gasteiger partial charge in [0.05, 0.1) is 19.8 Å². The third kappa shape index (κ3) is 1.91. The van der Waals surface area contributed by atoms with E-state index in [2.05, 4.69) is 0 Å². The number of methoxy groups -OCH3 is 1. The Kier molecular flexibility index (Phi) is 2.79. The Bertz CT molecular complexity index is 354. The highest BCUT2D eigenvalue weighted by atomic mass is 16.5. The first-order valence-electron chi connectivity index (χ1n) is 4.96. The van der Waals surface area contributed by atoms with Gasteiger partial charge in [-0.05, 0) is 24.6 Å². The molecule has 82 valence electrons. The first-order valence-corrected chi connectivity index (χ1v) is 4.96. The van der Waals surface area contributed by atoms with Crippen molar-refractivity contribution in [3.63, 3.8) is 0 Å². The predicted molar refractivity (Wildman–Crippen MR) is 56.0 cm³/mol. The second-order valence-electron chi connectivity index (χ2n) is 3.65. The Morgan fingerprint density at radius 3 is 3.07 bits per heavy atom. The molecule has 0 bridgehead atoms. The standard InChI is InChI=1S/C11H15NO3/c1-14-7-2-3-10-8(6-7)11(13)9(12)4-5-15-10/h2-3,6,9,11,13H,4-5,12H2,1H3/t9-,11+/m1/s1. The van der Waals surface area contributed by atoms with E-state index in [1.54, 1.807) is 19.2 Å². The summed E-state index contributed by atoms with van der Waals surface area (Å²) in [7, 11) is 1.59. The monoisotopic (exact) mass is 209 g/mol. The minimum atomic E-state index is -0.683. The first kappa shape index (κ1) is 10.3. The highest BCUT2D eigenvalue weighted by molar-refractivity contribution is 5.42. The van der Waals surface area contributed by atoms with Gasteiger partial charge in [-0.25, -0.2) is 0 Å². The molecule has 0 spiro atoms. The van der Waals surface area contributed by atoms with Crippen molar-refractivity contribution in [3.8, 4) is 11.5 Å². The molecule has 1 aromatic carbocycles. The van der Waals surface area contributed by atoms with Gasteiger partial charge in [0.2, 0.25) is 0 Å². The third-order valence-corrected chi connectivity index (χ3v) is 2.65. The number of aliphatic hydroxyl groups excluding tert-OH is 1. The van der Waals surface area contributed by atoms with Crippen molar-refractivity contribution in [1.82, 2.24) is 0 Å². The van der Waals surface area contributed by atoms with Crippen LogP contribution in [0.1, 0.15) is 18.1 Å². The van der Waals surface area contributed by atoms with Crippen LogP contribution in [0.5, 0.6) is 11.5 Å². The van der Waals surface area contributed by atoms with Crippen LogP contribution in [-0.2, 0) is 0 Å². The van der Waals surface area contributed by atoms with Gasteiger partial charge < -0.3 is 20.3 Å². The Morgan fingerprint density at radius 2 is 2.33 bits per heavy atom. The zero-order chi connectivity index (χ0) is 10.8. The normalized spacial score (nSPS) is 25.0. The maximum Gasteiger partial charge on any atom is 0.125 e. The SMILES string of the molecule is COc1ccc2c(c1)[C@H](O)[C@H](N)CCO2. The van der Waals surface area contributed by atoms with Gasteiger partial charge in [-0.2, -0.15) is 0 Å². The lowest BCUT2D eigenvalue weighted by Crippen LogP contribution is -2.28. The van der Waals surface area contributed by atoms with Crippen LogP contribution < -0.4 is 15.2 Å². The second kappa shape index (κ2) is 4.08. The zero-order valence-electron chi connectivity index (χ0n) is 8.64.